The lowest BCUT2D eigenvalue weighted by Crippen LogP contribution is -2.06. The fourth-order valence-corrected chi connectivity index (χ4v) is 1.63. The number of ketones is 1. The van der Waals surface area contributed by atoms with E-state index in [9.17, 15) is 4.79 Å². The molecule has 0 aliphatic carbocycles. The van der Waals surface area contributed by atoms with Crippen LogP contribution in [0.25, 0.3) is 0 Å². The van der Waals surface area contributed by atoms with Gasteiger partial charge in [-0.3, -0.25) is 9.78 Å². The summed E-state index contributed by atoms with van der Waals surface area (Å²) in [4.78, 5) is 16.3. The van der Waals surface area contributed by atoms with E-state index >= 15 is 0 Å². The number of aryl methyl sites for hydroxylation is 1. The Kier molecular flexibility index (Phi) is 3.19. The lowest BCUT2D eigenvalue weighted by atomic mass is 10.0. The van der Waals surface area contributed by atoms with Crippen molar-refractivity contribution in [2.45, 2.75) is 6.92 Å². The van der Waals surface area contributed by atoms with Gasteiger partial charge in [-0.05, 0) is 31.2 Å². The third-order valence-corrected chi connectivity index (χ3v) is 2.50. The van der Waals surface area contributed by atoms with Gasteiger partial charge in [0.05, 0.1) is 12.7 Å². The summed E-state index contributed by atoms with van der Waals surface area (Å²) in [5.74, 6) is 0.456. The first-order valence-corrected chi connectivity index (χ1v) is 5.33. The van der Waals surface area contributed by atoms with E-state index in [0.29, 0.717) is 17.0 Å². The maximum atomic E-state index is 12.2. The summed E-state index contributed by atoms with van der Waals surface area (Å²) in [6.45, 7) is 1.94. The number of methoxy groups -OCH3 is 1. The van der Waals surface area contributed by atoms with Gasteiger partial charge in [0.2, 0.25) is 5.78 Å². The van der Waals surface area contributed by atoms with Gasteiger partial charge in [0.1, 0.15) is 11.4 Å². The highest BCUT2D eigenvalue weighted by Crippen LogP contribution is 2.22. The third-order valence-electron chi connectivity index (χ3n) is 2.50. The molecule has 0 N–H and O–H groups in total. The molecule has 0 fully saturated rings. The number of aromatic nitrogens is 1. The van der Waals surface area contributed by atoms with E-state index in [1.54, 1.807) is 37.6 Å². The Hall–Kier alpha value is -2.16. The fraction of sp³-hybridized carbons (Fsp3) is 0.143. The van der Waals surface area contributed by atoms with Crippen LogP contribution in [0.5, 0.6) is 5.75 Å². The van der Waals surface area contributed by atoms with E-state index < -0.39 is 0 Å². The van der Waals surface area contributed by atoms with E-state index in [4.69, 9.17) is 4.74 Å². The number of hydrogen-bond acceptors (Lipinski definition) is 3. The molecular weight excluding hydrogens is 214 g/mol. The third kappa shape index (κ3) is 2.33. The summed E-state index contributed by atoms with van der Waals surface area (Å²) < 4.78 is 5.19. The van der Waals surface area contributed by atoms with Gasteiger partial charge in [0.25, 0.3) is 0 Å². The fourth-order valence-electron chi connectivity index (χ4n) is 1.63. The average molecular weight is 227 g/mol. The molecule has 0 amide bonds. The van der Waals surface area contributed by atoms with Crippen molar-refractivity contribution in [3.63, 3.8) is 0 Å². The van der Waals surface area contributed by atoms with Gasteiger partial charge < -0.3 is 4.74 Å². The van der Waals surface area contributed by atoms with E-state index in [1.807, 2.05) is 19.1 Å². The van der Waals surface area contributed by atoms with Crippen molar-refractivity contribution in [3.05, 3.63) is 59.4 Å². The second-order valence-electron chi connectivity index (χ2n) is 3.75. The molecule has 3 nitrogen and oxygen atoms in total. The van der Waals surface area contributed by atoms with Crippen LogP contribution in [0.15, 0.2) is 42.6 Å². The Bertz CT molecular complexity index is 535. The molecule has 0 saturated heterocycles. The first kappa shape index (κ1) is 11.3. The molecule has 0 aliphatic heterocycles. The zero-order valence-electron chi connectivity index (χ0n) is 9.81. The first-order valence-electron chi connectivity index (χ1n) is 5.33. The molecule has 17 heavy (non-hydrogen) atoms. The molecular formula is C14H13NO2. The number of benzene rings is 1. The predicted octanol–water partition coefficient (Wildman–Crippen LogP) is 2.63. The van der Waals surface area contributed by atoms with Crippen molar-refractivity contribution in [2.24, 2.45) is 0 Å². The Balaban J connectivity index is 2.47. The quantitative estimate of drug-likeness (QED) is 0.757. The molecule has 1 aromatic carbocycles. The van der Waals surface area contributed by atoms with Crippen LogP contribution in [0.4, 0.5) is 0 Å². The molecule has 0 saturated carbocycles. The van der Waals surface area contributed by atoms with Crippen LogP contribution in [0, 0.1) is 6.92 Å². The maximum absolute atomic E-state index is 12.2. The summed E-state index contributed by atoms with van der Waals surface area (Å²) in [5.41, 5.74) is 1.99. The molecule has 1 heterocycles. The van der Waals surface area contributed by atoms with Crippen LogP contribution < -0.4 is 4.74 Å². The number of carbonyl (C=O) groups is 1. The van der Waals surface area contributed by atoms with Crippen molar-refractivity contribution in [1.82, 2.24) is 4.98 Å². The van der Waals surface area contributed by atoms with Gasteiger partial charge in [-0.15, -0.1) is 0 Å². The number of ether oxygens (including phenoxy) is 1. The lowest BCUT2D eigenvalue weighted by molar-refractivity contribution is 0.103. The number of rotatable bonds is 3. The van der Waals surface area contributed by atoms with Gasteiger partial charge >= 0.3 is 0 Å². The minimum absolute atomic E-state index is 0.119. The molecule has 0 radical (unpaired) electrons. The Labute approximate surface area is 100 Å². The molecule has 1 aromatic heterocycles. The van der Waals surface area contributed by atoms with Crippen LogP contribution in [0.3, 0.4) is 0 Å². The monoisotopic (exact) mass is 227 g/mol. The average Bonchev–Trinajstić information content (AvgIpc) is 2.39. The Morgan fingerprint density at radius 2 is 2.06 bits per heavy atom. The van der Waals surface area contributed by atoms with Gasteiger partial charge in [0.15, 0.2) is 0 Å². The Morgan fingerprint density at radius 1 is 1.24 bits per heavy atom. The largest absolute Gasteiger partial charge is 0.496 e. The lowest BCUT2D eigenvalue weighted by Gasteiger charge is -2.07. The number of pyridine rings is 1. The van der Waals surface area contributed by atoms with Crippen molar-refractivity contribution in [3.8, 4) is 5.75 Å². The van der Waals surface area contributed by atoms with Crippen molar-refractivity contribution < 1.29 is 9.53 Å². The minimum atomic E-state index is -0.119. The van der Waals surface area contributed by atoms with Gasteiger partial charge in [-0.25, -0.2) is 0 Å². The molecule has 0 spiro atoms. The molecule has 2 rings (SSSR count). The van der Waals surface area contributed by atoms with E-state index in [1.165, 1.54) is 0 Å². The normalized spacial score (nSPS) is 10.0. The van der Waals surface area contributed by atoms with Crippen LogP contribution >= 0.6 is 0 Å². The summed E-state index contributed by atoms with van der Waals surface area (Å²) in [6.07, 6.45) is 1.61. The maximum Gasteiger partial charge on any atom is 0.215 e. The topological polar surface area (TPSA) is 39.2 Å². The molecule has 0 aliphatic rings. The number of nitrogens with zero attached hydrogens (tertiary/aromatic N) is 1. The van der Waals surface area contributed by atoms with Crippen LogP contribution in [-0.4, -0.2) is 17.9 Å². The zero-order valence-corrected chi connectivity index (χ0v) is 9.81. The SMILES string of the molecule is COc1ccc(C)cc1C(=O)c1ccccn1. The second kappa shape index (κ2) is 4.78. The number of carbonyl (C=O) groups excluding carboxylic acids is 1. The van der Waals surface area contributed by atoms with Gasteiger partial charge in [0, 0.05) is 6.20 Å². The second-order valence-corrected chi connectivity index (χ2v) is 3.75. The summed E-state index contributed by atoms with van der Waals surface area (Å²) in [5, 5.41) is 0. The highest BCUT2D eigenvalue weighted by Gasteiger charge is 2.15. The Morgan fingerprint density at radius 3 is 2.71 bits per heavy atom. The van der Waals surface area contributed by atoms with E-state index in [0.717, 1.165) is 5.56 Å². The minimum Gasteiger partial charge on any atom is -0.496 e. The standard InChI is InChI=1S/C14H13NO2/c1-10-6-7-13(17-2)11(9-10)14(16)12-5-3-4-8-15-12/h3-9H,1-2H3. The van der Waals surface area contributed by atoms with Crippen molar-refractivity contribution in [1.29, 1.82) is 0 Å². The smallest absolute Gasteiger partial charge is 0.215 e. The van der Waals surface area contributed by atoms with E-state index in [2.05, 4.69) is 4.98 Å². The summed E-state index contributed by atoms with van der Waals surface area (Å²) >= 11 is 0. The zero-order chi connectivity index (χ0) is 12.3. The van der Waals surface area contributed by atoms with Crippen LogP contribution in [-0.2, 0) is 0 Å². The van der Waals surface area contributed by atoms with Gasteiger partial charge in [-0.2, -0.15) is 0 Å². The molecule has 0 atom stereocenters. The number of hydrogen-bond donors (Lipinski definition) is 0. The molecule has 86 valence electrons. The predicted molar refractivity (Wildman–Crippen MR) is 65.4 cm³/mol. The van der Waals surface area contributed by atoms with Crippen molar-refractivity contribution >= 4 is 5.78 Å². The van der Waals surface area contributed by atoms with Crippen LogP contribution in [0.2, 0.25) is 0 Å². The highest BCUT2D eigenvalue weighted by atomic mass is 16.5. The van der Waals surface area contributed by atoms with Gasteiger partial charge in [-0.1, -0.05) is 17.7 Å². The molecule has 0 unspecified atom stereocenters. The molecule has 3 heteroatoms. The highest BCUT2D eigenvalue weighted by molar-refractivity contribution is 6.09. The van der Waals surface area contributed by atoms with Crippen LogP contribution in [0.1, 0.15) is 21.6 Å². The first-order chi connectivity index (χ1) is 8.22. The summed E-state index contributed by atoms with van der Waals surface area (Å²) in [7, 11) is 1.56. The molecule has 2 aromatic rings. The molecule has 0 bridgehead atoms. The van der Waals surface area contributed by atoms with E-state index in [-0.39, 0.29) is 5.78 Å². The van der Waals surface area contributed by atoms with Crippen molar-refractivity contribution in [2.75, 3.05) is 7.11 Å². The summed E-state index contributed by atoms with van der Waals surface area (Å²) in [6, 6.07) is 10.8.